The van der Waals surface area contributed by atoms with Crippen LogP contribution >= 0.6 is 23.8 Å². The van der Waals surface area contributed by atoms with Crippen LogP contribution in [-0.4, -0.2) is 22.7 Å². The summed E-state index contributed by atoms with van der Waals surface area (Å²) in [5, 5.41) is 3.03. The maximum absolute atomic E-state index is 6.17. The van der Waals surface area contributed by atoms with Gasteiger partial charge in [0.1, 0.15) is 0 Å². The monoisotopic (exact) mass is 267 g/mol. The van der Waals surface area contributed by atoms with E-state index in [2.05, 4.69) is 20.7 Å². The Kier molecular flexibility index (Phi) is 2.84. The van der Waals surface area contributed by atoms with Gasteiger partial charge in [-0.2, -0.15) is 0 Å². The molecule has 0 spiro atoms. The lowest BCUT2D eigenvalue weighted by atomic mass is 10.2. The molecule has 1 saturated heterocycles. The third-order valence-corrected chi connectivity index (χ3v) is 3.85. The SMILES string of the molecule is S=c1[nH]c2c(Cl)cccc2n1N1CCCCC1. The van der Waals surface area contributed by atoms with Crippen LogP contribution in [0.4, 0.5) is 0 Å². The van der Waals surface area contributed by atoms with Gasteiger partial charge in [-0.1, -0.05) is 17.7 Å². The first-order valence-electron chi connectivity index (χ1n) is 5.92. The molecule has 3 nitrogen and oxygen atoms in total. The van der Waals surface area contributed by atoms with E-state index in [4.69, 9.17) is 23.8 Å². The van der Waals surface area contributed by atoms with Gasteiger partial charge in [0.25, 0.3) is 0 Å². The lowest BCUT2D eigenvalue weighted by Crippen LogP contribution is -2.39. The highest BCUT2D eigenvalue weighted by atomic mass is 35.5. The third kappa shape index (κ3) is 1.85. The zero-order valence-electron chi connectivity index (χ0n) is 9.45. The van der Waals surface area contributed by atoms with Crippen molar-refractivity contribution in [3.8, 4) is 0 Å². The molecule has 5 heteroatoms. The number of hydrogen-bond donors (Lipinski definition) is 1. The van der Waals surface area contributed by atoms with E-state index >= 15 is 0 Å². The predicted molar refractivity (Wildman–Crippen MR) is 73.9 cm³/mol. The average Bonchev–Trinajstić information content (AvgIpc) is 2.68. The molecule has 1 aromatic heterocycles. The predicted octanol–water partition coefficient (Wildman–Crippen LogP) is 3.47. The van der Waals surface area contributed by atoms with Gasteiger partial charge in [0.05, 0.1) is 16.1 Å². The van der Waals surface area contributed by atoms with E-state index in [1.807, 2.05) is 12.1 Å². The number of H-pyrrole nitrogens is 1. The molecule has 2 heterocycles. The van der Waals surface area contributed by atoms with Crippen LogP contribution in [0.2, 0.25) is 5.02 Å². The normalized spacial score (nSPS) is 16.6. The summed E-state index contributed by atoms with van der Waals surface area (Å²) < 4.78 is 2.82. The fourth-order valence-electron chi connectivity index (χ4n) is 2.44. The van der Waals surface area contributed by atoms with Crippen molar-refractivity contribution in [1.29, 1.82) is 0 Å². The number of aromatic amines is 1. The van der Waals surface area contributed by atoms with E-state index in [0.717, 1.165) is 33.9 Å². The molecule has 0 saturated carbocycles. The Balaban J connectivity index is 2.18. The van der Waals surface area contributed by atoms with Crippen molar-refractivity contribution in [3.05, 3.63) is 28.0 Å². The summed E-state index contributed by atoms with van der Waals surface area (Å²) >= 11 is 11.6. The number of hydrogen-bond acceptors (Lipinski definition) is 2. The van der Waals surface area contributed by atoms with Crippen molar-refractivity contribution in [2.45, 2.75) is 19.3 Å². The van der Waals surface area contributed by atoms with Gasteiger partial charge in [0, 0.05) is 13.1 Å². The Morgan fingerprint density at radius 1 is 1.18 bits per heavy atom. The Bertz CT molecular complexity index is 595. The van der Waals surface area contributed by atoms with Gasteiger partial charge in [-0.05, 0) is 43.6 Å². The van der Waals surface area contributed by atoms with Gasteiger partial charge < -0.3 is 9.99 Å². The number of rotatable bonds is 1. The Morgan fingerprint density at radius 3 is 2.71 bits per heavy atom. The molecule has 0 aliphatic carbocycles. The maximum atomic E-state index is 6.17. The molecule has 3 rings (SSSR count). The molecule has 90 valence electrons. The fraction of sp³-hybridized carbons (Fsp3) is 0.417. The van der Waals surface area contributed by atoms with Crippen molar-refractivity contribution >= 4 is 34.9 Å². The van der Waals surface area contributed by atoms with E-state index in [1.165, 1.54) is 19.3 Å². The summed E-state index contributed by atoms with van der Waals surface area (Å²) in [6, 6.07) is 5.91. The summed E-state index contributed by atoms with van der Waals surface area (Å²) in [4.78, 5) is 3.20. The molecule has 1 aromatic carbocycles. The van der Waals surface area contributed by atoms with Crippen molar-refractivity contribution in [2.75, 3.05) is 18.1 Å². The second-order valence-corrected chi connectivity index (χ2v) is 5.18. The van der Waals surface area contributed by atoms with E-state index < -0.39 is 0 Å². The number of nitrogens with zero attached hydrogens (tertiary/aromatic N) is 2. The summed E-state index contributed by atoms with van der Waals surface area (Å²) in [7, 11) is 0. The van der Waals surface area contributed by atoms with E-state index in [9.17, 15) is 0 Å². The smallest absolute Gasteiger partial charge is 0.197 e. The number of halogens is 1. The molecule has 1 aliphatic rings. The van der Waals surface area contributed by atoms with E-state index in [0.29, 0.717) is 0 Å². The van der Waals surface area contributed by atoms with Gasteiger partial charge in [-0.3, -0.25) is 0 Å². The Morgan fingerprint density at radius 2 is 1.94 bits per heavy atom. The van der Waals surface area contributed by atoms with Gasteiger partial charge in [-0.25, -0.2) is 4.68 Å². The number of fused-ring (bicyclic) bond motifs is 1. The number of nitrogens with one attached hydrogen (secondary N) is 1. The van der Waals surface area contributed by atoms with Crippen LogP contribution in [-0.2, 0) is 0 Å². The summed E-state index contributed by atoms with van der Waals surface area (Å²) in [6.45, 7) is 2.13. The summed E-state index contributed by atoms with van der Waals surface area (Å²) in [5.74, 6) is 0. The van der Waals surface area contributed by atoms with Crippen molar-refractivity contribution < 1.29 is 0 Å². The van der Waals surface area contributed by atoms with Crippen molar-refractivity contribution in [1.82, 2.24) is 9.66 Å². The van der Waals surface area contributed by atoms with Crippen molar-refractivity contribution in [3.63, 3.8) is 0 Å². The third-order valence-electron chi connectivity index (χ3n) is 3.26. The number of para-hydroxylation sites is 1. The molecule has 0 atom stereocenters. The number of aromatic nitrogens is 2. The lowest BCUT2D eigenvalue weighted by molar-refractivity contribution is 0.483. The number of piperidine rings is 1. The molecule has 2 aromatic rings. The summed E-state index contributed by atoms with van der Waals surface area (Å²) in [5.41, 5.74) is 2.01. The lowest BCUT2D eigenvalue weighted by Gasteiger charge is -2.29. The fourth-order valence-corrected chi connectivity index (χ4v) is 2.97. The van der Waals surface area contributed by atoms with Crippen LogP contribution in [0.3, 0.4) is 0 Å². The highest BCUT2D eigenvalue weighted by Gasteiger charge is 2.15. The molecule has 1 fully saturated rings. The first-order chi connectivity index (χ1) is 8.27. The van der Waals surface area contributed by atoms with Crippen LogP contribution in [0.5, 0.6) is 0 Å². The standard InChI is InChI=1S/C12H14ClN3S/c13-9-5-4-6-10-11(9)14-12(17)16(10)15-7-2-1-3-8-15/h4-6H,1-3,7-8H2,(H,14,17). The minimum absolute atomic E-state index is 0.726. The minimum Gasteiger partial charge on any atom is -0.328 e. The van der Waals surface area contributed by atoms with Gasteiger partial charge in [-0.15, -0.1) is 0 Å². The highest BCUT2D eigenvalue weighted by molar-refractivity contribution is 7.71. The number of benzene rings is 1. The van der Waals surface area contributed by atoms with Gasteiger partial charge >= 0.3 is 0 Å². The number of imidazole rings is 1. The van der Waals surface area contributed by atoms with Gasteiger partial charge in [0.2, 0.25) is 0 Å². The molecule has 1 aliphatic heterocycles. The molecule has 1 N–H and O–H groups in total. The molecule has 0 radical (unpaired) electrons. The van der Waals surface area contributed by atoms with Crippen LogP contribution < -0.4 is 5.01 Å². The van der Waals surface area contributed by atoms with Crippen LogP contribution in [0.25, 0.3) is 11.0 Å². The zero-order chi connectivity index (χ0) is 11.8. The van der Waals surface area contributed by atoms with Crippen molar-refractivity contribution in [2.24, 2.45) is 0 Å². The molecular formula is C12H14ClN3S. The second kappa shape index (κ2) is 4.35. The van der Waals surface area contributed by atoms with Crippen LogP contribution in [0.15, 0.2) is 18.2 Å². The molecule has 0 unspecified atom stereocenters. The summed E-state index contributed by atoms with van der Waals surface area (Å²) in [6.07, 6.45) is 3.77. The van der Waals surface area contributed by atoms with E-state index in [-0.39, 0.29) is 0 Å². The first kappa shape index (κ1) is 11.1. The molecule has 0 bridgehead atoms. The first-order valence-corrected chi connectivity index (χ1v) is 6.70. The van der Waals surface area contributed by atoms with Crippen LogP contribution in [0.1, 0.15) is 19.3 Å². The second-order valence-electron chi connectivity index (χ2n) is 4.39. The van der Waals surface area contributed by atoms with Crippen LogP contribution in [0, 0.1) is 4.77 Å². The maximum Gasteiger partial charge on any atom is 0.197 e. The highest BCUT2D eigenvalue weighted by Crippen LogP contribution is 2.23. The molecule has 0 amide bonds. The largest absolute Gasteiger partial charge is 0.328 e. The Hall–Kier alpha value is -1.00. The zero-order valence-corrected chi connectivity index (χ0v) is 11.0. The average molecular weight is 268 g/mol. The van der Waals surface area contributed by atoms with Gasteiger partial charge in [0.15, 0.2) is 4.77 Å². The van der Waals surface area contributed by atoms with E-state index in [1.54, 1.807) is 0 Å². The quantitative estimate of drug-likeness (QED) is 0.800. The minimum atomic E-state index is 0.726. The Labute approximate surface area is 110 Å². The topological polar surface area (TPSA) is 24.0 Å². The molecule has 17 heavy (non-hydrogen) atoms. The molecular weight excluding hydrogens is 254 g/mol.